The number of nitrogens with one attached hydrogen (secondary N) is 1. The van der Waals surface area contributed by atoms with E-state index in [4.69, 9.17) is 4.74 Å². The lowest BCUT2D eigenvalue weighted by Gasteiger charge is -2.11. The van der Waals surface area contributed by atoms with Crippen molar-refractivity contribution in [1.82, 2.24) is 14.8 Å². The molecule has 0 aliphatic carbocycles. The summed E-state index contributed by atoms with van der Waals surface area (Å²) in [6.07, 6.45) is 0. The normalized spacial score (nSPS) is 10.6. The molecule has 1 amide bonds. The highest BCUT2D eigenvalue weighted by Crippen LogP contribution is 2.31. The Morgan fingerprint density at radius 1 is 1.00 bits per heavy atom. The molecule has 4 rings (SSSR count). The Bertz CT molecular complexity index is 1440. The molecule has 36 heavy (non-hydrogen) atoms. The smallest absolute Gasteiger partial charge is 0.296 e. The van der Waals surface area contributed by atoms with Gasteiger partial charge in [0, 0.05) is 23.4 Å². The predicted molar refractivity (Wildman–Crippen MR) is 132 cm³/mol. The number of nitrogens with zero attached hydrogens (tertiary/aromatic N) is 5. The summed E-state index contributed by atoms with van der Waals surface area (Å²) in [5.74, 6) is 0.0356. The lowest BCUT2D eigenvalue weighted by Crippen LogP contribution is -2.15. The van der Waals surface area contributed by atoms with Gasteiger partial charge in [-0.05, 0) is 24.3 Å². The number of rotatable bonds is 9. The Morgan fingerprint density at radius 2 is 1.78 bits per heavy atom. The monoisotopic (exact) mass is 506 g/mol. The van der Waals surface area contributed by atoms with Gasteiger partial charge in [-0.3, -0.25) is 29.6 Å². The van der Waals surface area contributed by atoms with Crippen LogP contribution in [0.15, 0.2) is 78.0 Å². The second kappa shape index (κ2) is 10.7. The third kappa shape index (κ3) is 5.31. The van der Waals surface area contributed by atoms with Gasteiger partial charge in [0.15, 0.2) is 11.0 Å². The predicted octanol–water partition coefficient (Wildman–Crippen LogP) is 4.49. The molecule has 0 saturated carbocycles. The third-order valence-electron chi connectivity index (χ3n) is 4.97. The summed E-state index contributed by atoms with van der Waals surface area (Å²) >= 11 is 1.07. The van der Waals surface area contributed by atoms with Gasteiger partial charge >= 0.3 is 0 Å². The quantitative estimate of drug-likeness (QED) is 0.196. The van der Waals surface area contributed by atoms with Crippen LogP contribution in [0.5, 0.6) is 5.75 Å². The largest absolute Gasteiger partial charge is 0.496 e. The maximum atomic E-state index is 12.6. The van der Waals surface area contributed by atoms with E-state index >= 15 is 0 Å². The number of non-ortho nitro benzene ring substituents is 1. The molecule has 0 aliphatic heterocycles. The van der Waals surface area contributed by atoms with Crippen LogP contribution in [0.2, 0.25) is 0 Å². The molecule has 13 heteroatoms. The molecular weight excluding hydrogens is 488 g/mol. The van der Waals surface area contributed by atoms with Crippen molar-refractivity contribution in [1.29, 1.82) is 0 Å². The highest BCUT2D eigenvalue weighted by molar-refractivity contribution is 7.99. The van der Waals surface area contributed by atoms with Crippen molar-refractivity contribution in [2.45, 2.75) is 5.16 Å². The number of hydrogen-bond acceptors (Lipinski definition) is 9. The molecule has 1 aromatic heterocycles. The first-order chi connectivity index (χ1) is 17.4. The molecule has 4 aromatic rings. The Balaban J connectivity index is 1.60. The summed E-state index contributed by atoms with van der Waals surface area (Å²) in [6, 6.07) is 19.2. The van der Waals surface area contributed by atoms with Crippen LogP contribution in [-0.2, 0) is 4.79 Å². The van der Waals surface area contributed by atoms with Gasteiger partial charge in [0.2, 0.25) is 5.91 Å². The number of aromatic nitrogens is 3. The number of para-hydroxylation sites is 1. The van der Waals surface area contributed by atoms with Crippen molar-refractivity contribution in [2.24, 2.45) is 0 Å². The lowest BCUT2D eigenvalue weighted by atomic mass is 10.2. The fourth-order valence-electron chi connectivity index (χ4n) is 3.33. The minimum Gasteiger partial charge on any atom is -0.496 e. The second-order valence-corrected chi connectivity index (χ2v) is 8.20. The van der Waals surface area contributed by atoms with E-state index in [1.54, 1.807) is 16.7 Å². The summed E-state index contributed by atoms with van der Waals surface area (Å²) in [5.41, 5.74) is 0.814. The topological polar surface area (TPSA) is 155 Å². The van der Waals surface area contributed by atoms with Gasteiger partial charge in [0.1, 0.15) is 11.4 Å². The average Bonchev–Trinajstić information content (AvgIpc) is 3.32. The zero-order valence-electron chi connectivity index (χ0n) is 18.7. The number of anilines is 1. The maximum Gasteiger partial charge on any atom is 0.296 e. The summed E-state index contributed by atoms with van der Waals surface area (Å²) < 4.78 is 6.70. The standard InChI is InChI=1S/C23H18N6O6S/c1-35-18-10-11-19(20(13-18)29(33)34)24-21(30)14-36-23-26-25-22(27(23)16-7-3-2-4-8-16)15-6-5-9-17(12-15)28(31)32/h2-13H,14H2,1H3,(H,24,30). The Kier molecular flexibility index (Phi) is 7.20. The van der Waals surface area contributed by atoms with Gasteiger partial charge in [-0.1, -0.05) is 42.1 Å². The second-order valence-electron chi connectivity index (χ2n) is 7.26. The van der Waals surface area contributed by atoms with Gasteiger partial charge in [0.05, 0.1) is 28.8 Å². The van der Waals surface area contributed by atoms with Crippen LogP contribution in [0, 0.1) is 20.2 Å². The molecule has 0 atom stereocenters. The molecule has 0 radical (unpaired) electrons. The van der Waals surface area contributed by atoms with Crippen molar-refractivity contribution >= 4 is 34.7 Å². The Morgan fingerprint density at radius 3 is 2.47 bits per heavy atom. The highest BCUT2D eigenvalue weighted by Gasteiger charge is 2.21. The number of thioether (sulfide) groups is 1. The molecule has 0 spiro atoms. The van der Waals surface area contributed by atoms with E-state index in [1.807, 2.05) is 30.3 Å². The molecule has 3 aromatic carbocycles. The number of carbonyl (C=O) groups is 1. The molecule has 0 bridgehead atoms. The average molecular weight is 507 g/mol. The van der Waals surface area contributed by atoms with Crippen LogP contribution in [0.1, 0.15) is 0 Å². The van der Waals surface area contributed by atoms with Crippen LogP contribution in [0.25, 0.3) is 17.1 Å². The maximum absolute atomic E-state index is 12.6. The van der Waals surface area contributed by atoms with Crippen LogP contribution in [0.4, 0.5) is 17.1 Å². The SMILES string of the molecule is COc1ccc(NC(=O)CSc2nnc(-c3cccc([N+](=O)[O-])c3)n2-c2ccccc2)c([N+](=O)[O-])c1. The zero-order valence-corrected chi connectivity index (χ0v) is 19.5. The van der Waals surface area contributed by atoms with Crippen molar-refractivity contribution in [3.63, 3.8) is 0 Å². The fraction of sp³-hybridized carbons (Fsp3) is 0.0870. The number of ether oxygens (including phenoxy) is 1. The summed E-state index contributed by atoms with van der Waals surface area (Å²) in [4.78, 5) is 34.2. The number of benzene rings is 3. The molecule has 182 valence electrons. The van der Waals surface area contributed by atoms with Gasteiger partial charge in [-0.2, -0.15) is 0 Å². The highest BCUT2D eigenvalue weighted by atomic mass is 32.2. The van der Waals surface area contributed by atoms with Gasteiger partial charge in [0.25, 0.3) is 11.4 Å². The molecule has 0 fully saturated rings. The van der Waals surface area contributed by atoms with Crippen molar-refractivity contribution in [3.05, 3.63) is 93.0 Å². The van der Waals surface area contributed by atoms with E-state index in [0.717, 1.165) is 11.8 Å². The van der Waals surface area contributed by atoms with Crippen LogP contribution >= 0.6 is 11.8 Å². The fourth-order valence-corrected chi connectivity index (χ4v) is 4.08. The Labute approximate surface area is 208 Å². The molecule has 1 N–H and O–H groups in total. The molecule has 12 nitrogen and oxygen atoms in total. The zero-order chi connectivity index (χ0) is 25.7. The molecule has 0 unspecified atom stereocenters. The first-order valence-electron chi connectivity index (χ1n) is 10.4. The first-order valence-corrected chi connectivity index (χ1v) is 11.4. The summed E-state index contributed by atoms with van der Waals surface area (Å²) in [7, 11) is 1.39. The number of hydrogen-bond donors (Lipinski definition) is 1. The number of amides is 1. The first kappa shape index (κ1) is 24.3. The molecule has 0 aliphatic rings. The van der Waals surface area contributed by atoms with Crippen molar-refractivity contribution < 1.29 is 19.4 Å². The number of methoxy groups -OCH3 is 1. The lowest BCUT2D eigenvalue weighted by molar-refractivity contribution is -0.384. The number of carbonyl (C=O) groups excluding carboxylic acids is 1. The van der Waals surface area contributed by atoms with E-state index in [-0.39, 0.29) is 22.8 Å². The van der Waals surface area contributed by atoms with Gasteiger partial charge < -0.3 is 10.1 Å². The summed E-state index contributed by atoms with van der Waals surface area (Å²) in [5, 5.41) is 33.9. The molecule has 0 saturated heterocycles. The van der Waals surface area contributed by atoms with Gasteiger partial charge in [-0.15, -0.1) is 10.2 Å². The number of nitro groups is 2. The van der Waals surface area contributed by atoms with E-state index < -0.39 is 15.8 Å². The number of nitro benzene ring substituents is 2. The van der Waals surface area contributed by atoms with E-state index in [2.05, 4.69) is 15.5 Å². The molecular formula is C23H18N6O6S. The van der Waals surface area contributed by atoms with Crippen LogP contribution < -0.4 is 10.1 Å². The van der Waals surface area contributed by atoms with Crippen LogP contribution in [-0.4, -0.2) is 43.4 Å². The van der Waals surface area contributed by atoms with E-state index in [1.165, 1.54) is 37.4 Å². The van der Waals surface area contributed by atoms with Crippen molar-refractivity contribution in [2.75, 3.05) is 18.2 Å². The minimum atomic E-state index is -0.608. The minimum absolute atomic E-state index is 0.0354. The van der Waals surface area contributed by atoms with E-state index in [9.17, 15) is 25.0 Å². The van der Waals surface area contributed by atoms with Crippen LogP contribution in [0.3, 0.4) is 0 Å². The molecule has 1 heterocycles. The van der Waals surface area contributed by atoms with Crippen molar-refractivity contribution in [3.8, 4) is 22.8 Å². The Hall–Kier alpha value is -4.78. The third-order valence-corrected chi connectivity index (χ3v) is 5.90. The van der Waals surface area contributed by atoms with Gasteiger partial charge in [-0.25, -0.2) is 0 Å². The van der Waals surface area contributed by atoms with E-state index in [0.29, 0.717) is 28.0 Å². The summed E-state index contributed by atoms with van der Waals surface area (Å²) in [6.45, 7) is 0.